The molecule has 0 radical (unpaired) electrons. The lowest BCUT2D eigenvalue weighted by molar-refractivity contribution is -0.143. The van der Waals surface area contributed by atoms with Crippen molar-refractivity contribution in [1.29, 1.82) is 0 Å². The lowest BCUT2D eigenvalue weighted by Gasteiger charge is -2.17. The Kier molecular flexibility index (Phi) is 7.45. The Labute approximate surface area is 104 Å². The summed E-state index contributed by atoms with van der Waals surface area (Å²) in [5, 5.41) is 22.2. The van der Waals surface area contributed by atoms with Crippen LogP contribution in [0.15, 0.2) is 0 Å². The van der Waals surface area contributed by atoms with Crippen LogP contribution in [0.2, 0.25) is 0 Å². The number of amides is 2. The van der Waals surface area contributed by atoms with Crippen LogP contribution in [-0.2, 0) is 14.3 Å². The maximum Gasteiger partial charge on any atom is 0.328 e. The second kappa shape index (κ2) is 8.29. The van der Waals surface area contributed by atoms with Crippen LogP contribution in [-0.4, -0.2) is 53.5 Å². The van der Waals surface area contributed by atoms with E-state index in [-0.39, 0.29) is 19.6 Å². The van der Waals surface area contributed by atoms with E-state index in [9.17, 15) is 14.4 Å². The molecule has 0 aliphatic rings. The van der Waals surface area contributed by atoms with Gasteiger partial charge in [-0.25, -0.2) is 9.59 Å². The van der Waals surface area contributed by atoms with Gasteiger partial charge in [0.1, 0.15) is 0 Å². The predicted molar refractivity (Wildman–Crippen MR) is 60.9 cm³/mol. The molecule has 8 nitrogen and oxygen atoms in total. The van der Waals surface area contributed by atoms with E-state index in [1.54, 1.807) is 6.92 Å². The molecule has 0 bridgehead atoms. The van der Waals surface area contributed by atoms with Gasteiger partial charge in [-0.05, 0) is 13.8 Å². The summed E-state index contributed by atoms with van der Waals surface area (Å²) >= 11 is 0. The number of carboxylic acids is 1. The molecule has 0 rings (SSSR count). The normalized spacial score (nSPS) is 13.3. The minimum Gasteiger partial charge on any atom is -0.480 e. The van der Waals surface area contributed by atoms with Crippen molar-refractivity contribution in [3.63, 3.8) is 0 Å². The molecule has 18 heavy (non-hydrogen) atoms. The predicted octanol–water partition coefficient (Wildman–Crippen LogP) is -0.927. The molecule has 0 saturated carbocycles. The first kappa shape index (κ1) is 16.2. The number of carboxylic acid groups (broad SMARTS) is 1. The van der Waals surface area contributed by atoms with Crippen molar-refractivity contribution in [3.8, 4) is 0 Å². The molecule has 0 heterocycles. The number of carbonyl (C=O) groups is 3. The van der Waals surface area contributed by atoms with Gasteiger partial charge in [0.15, 0.2) is 6.04 Å². The fraction of sp³-hybridized carbons (Fsp3) is 0.700. The number of esters is 1. The van der Waals surface area contributed by atoms with Crippen molar-refractivity contribution < 1.29 is 29.3 Å². The zero-order valence-electron chi connectivity index (χ0n) is 10.3. The molecule has 0 aromatic carbocycles. The highest BCUT2D eigenvalue weighted by Crippen LogP contribution is 1.93. The minimum atomic E-state index is -1.40. The van der Waals surface area contributed by atoms with E-state index in [1.165, 1.54) is 6.92 Å². The summed E-state index contributed by atoms with van der Waals surface area (Å²) in [6.45, 7) is 3.20. The molecule has 0 unspecified atom stereocenters. The average molecular weight is 262 g/mol. The first-order valence-electron chi connectivity index (χ1n) is 5.49. The van der Waals surface area contributed by atoms with Crippen LogP contribution in [0.1, 0.15) is 20.3 Å². The molecule has 0 fully saturated rings. The van der Waals surface area contributed by atoms with E-state index in [0.29, 0.717) is 0 Å². The van der Waals surface area contributed by atoms with E-state index in [0.717, 1.165) is 0 Å². The van der Waals surface area contributed by atoms with Crippen LogP contribution < -0.4 is 10.6 Å². The second-order valence-electron chi connectivity index (χ2n) is 3.51. The molecule has 0 aromatic rings. The summed E-state index contributed by atoms with van der Waals surface area (Å²) < 4.78 is 4.64. The summed E-state index contributed by atoms with van der Waals surface area (Å²) in [7, 11) is 0. The Morgan fingerprint density at radius 2 is 1.94 bits per heavy atom. The van der Waals surface area contributed by atoms with Gasteiger partial charge in [-0.1, -0.05) is 0 Å². The summed E-state index contributed by atoms with van der Waals surface area (Å²) in [5.41, 5.74) is 0. The molecule has 0 aromatic heterocycles. The third-order valence-corrected chi connectivity index (χ3v) is 1.96. The smallest absolute Gasteiger partial charge is 0.328 e. The van der Waals surface area contributed by atoms with Crippen LogP contribution in [0.4, 0.5) is 4.79 Å². The number of aliphatic hydroxyl groups excluding tert-OH is 1. The molecule has 0 spiro atoms. The highest BCUT2D eigenvalue weighted by Gasteiger charge is 2.24. The topological polar surface area (TPSA) is 125 Å². The highest BCUT2D eigenvalue weighted by atomic mass is 16.5. The third kappa shape index (κ3) is 6.69. The van der Waals surface area contributed by atoms with Crippen molar-refractivity contribution in [2.45, 2.75) is 32.4 Å². The van der Waals surface area contributed by atoms with E-state index >= 15 is 0 Å². The fourth-order valence-electron chi connectivity index (χ4n) is 1.09. The minimum absolute atomic E-state index is 0.00627. The molecule has 2 atom stereocenters. The SMILES string of the molecule is CCOC(=O)CCNC(=O)N[C@H](C(=O)O)[C@@H](C)O. The first-order valence-corrected chi connectivity index (χ1v) is 5.49. The number of nitrogens with one attached hydrogen (secondary N) is 2. The number of aliphatic carboxylic acids is 1. The van der Waals surface area contributed by atoms with Gasteiger partial charge < -0.3 is 25.6 Å². The van der Waals surface area contributed by atoms with Gasteiger partial charge >= 0.3 is 18.0 Å². The Hall–Kier alpha value is -1.83. The average Bonchev–Trinajstić information content (AvgIpc) is 2.25. The van der Waals surface area contributed by atoms with Crippen LogP contribution in [0.25, 0.3) is 0 Å². The molecule has 0 saturated heterocycles. The molecular formula is C10H18N2O6. The summed E-state index contributed by atoms with van der Waals surface area (Å²) in [5.74, 6) is -1.80. The molecule has 4 N–H and O–H groups in total. The highest BCUT2D eigenvalue weighted by molar-refractivity contribution is 5.83. The monoisotopic (exact) mass is 262 g/mol. The van der Waals surface area contributed by atoms with Gasteiger partial charge in [-0.15, -0.1) is 0 Å². The Bertz CT molecular complexity index is 305. The van der Waals surface area contributed by atoms with Crippen molar-refractivity contribution in [1.82, 2.24) is 10.6 Å². The van der Waals surface area contributed by atoms with Gasteiger partial charge in [-0.3, -0.25) is 4.79 Å². The Balaban J connectivity index is 3.96. The van der Waals surface area contributed by atoms with Gasteiger partial charge in [0.2, 0.25) is 0 Å². The Morgan fingerprint density at radius 3 is 2.39 bits per heavy atom. The zero-order chi connectivity index (χ0) is 14.1. The molecule has 0 aliphatic heterocycles. The largest absolute Gasteiger partial charge is 0.480 e. The van der Waals surface area contributed by atoms with Crippen molar-refractivity contribution in [2.24, 2.45) is 0 Å². The standard InChI is InChI=1S/C10H18N2O6/c1-3-18-7(14)4-5-11-10(17)12-8(6(2)13)9(15)16/h6,8,13H,3-5H2,1-2H3,(H,15,16)(H2,11,12,17)/t6-,8+/m1/s1. The maximum atomic E-state index is 11.3. The maximum absolute atomic E-state index is 11.3. The number of hydrogen-bond donors (Lipinski definition) is 4. The molecule has 0 aliphatic carbocycles. The number of urea groups is 1. The van der Waals surface area contributed by atoms with Gasteiger partial charge in [0.05, 0.1) is 19.1 Å². The van der Waals surface area contributed by atoms with Crippen LogP contribution in [0, 0.1) is 0 Å². The molecule has 104 valence electrons. The van der Waals surface area contributed by atoms with Gasteiger partial charge in [-0.2, -0.15) is 0 Å². The third-order valence-electron chi connectivity index (χ3n) is 1.96. The van der Waals surface area contributed by atoms with Gasteiger partial charge in [0, 0.05) is 6.54 Å². The quantitative estimate of drug-likeness (QED) is 0.439. The number of carbonyl (C=O) groups excluding carboxylic acids is 2. The van der Waals surface area contributed by atoms with Crippen molar-refractivity contribution in [2.75, 3.05) is 13.2 Å². The number of aliphatic hydroxyl groups is 1. The number of hydrogen-bond acceptors (Lipinski definition) is 5. The lowest BCUT2D eigenvalue weighted by Crippen LogP contribution is -2.51. The van der Waals surface area contributed by atoms with Crippen molar-refractivity contribution >= 4 is 18.0 Å². The summed E-state index contributed by atoms with van der Waals surface area (Å²) in [4.78, 5) is 32.9. The van der Waals surface area contributed by atoms with Crippen molar-refractivity contribution in [3.05, 3.63) is 0 Å². The van der Waals surface area contributed by atoms with Crippen LogP contribution in [0.3, 0.4) is 0 Å². The zero-order valence-corrected chi connectivity index (χ0v) is 10.3. The first-order chi connectivity index (χ1) is 8.38. The summed E-state index contributed by atoms with van der Waals surface area (Å²) in [6.07, 6.45) is -1.23. The Morgan fingerprint density at radius 1 is 1.33 bits per heavy atom. The summed E-state index contributed by atoms with van der Waals surface area (Å²) in [6, 6.07) is -2.17. The van der Waals surface area contributed by atoms with E-state index in [4.69, 9.17) is 10.2 Å². The molecule has 8 heteroatoms. The van der Waals surface area contributed by atoms with Crippen LogP contribution in [0.5, 0.6) is 0 Å². The second-order valence-corrected chi connectivity index (χ2v) is 3.51. The fourth-order valence-corrected chi connectivity index (χ4v) is 1.09. The van der Waals surface area contributed by atoms with E-state index in [2.05, 4.69) is 15.4 Å². The number of ether oxygens (including phenoxy) is 1. The molecular weight excluding hydrogens is 244 g/mol. The van der Waals surface area contributed by atoms with E-state index < -0.39 is 30.1 Å². The van der Waals surface area contributed by atoms with E-state index in [1.807, 2.05) is 0 Å². The number of rotatable bonds is 7. The van der Waals surface area contributed by atoms with Gasteiger partial charge in [0.25, 0.3) is 0 Å². The van der Waals surface area contributed by atoms with Crippen LogP contribution >= 0.6 is 0 Å². The lowest BCUT2D eigenvalue weighted by atomic mass is 10.2. The molecule has 2 amide bonds.